The molecule has 1 heterocycles. The minimum atomic E-state index is -0.879. The Labute approximate surface area is 295 Å². The zero-order valence-electron chi connectivity index (χ0n) is 28.2. The first kappa shape index (κ1) is 34.8. The average Bonchev–Trinajstić information content (AvgIpc) is 3.30. The highest BCUT2D eigenvalue weighted by Crippen LogP contribution is 2.33. The van der Waals surface area contributed by atoms with Crippen molar-refractivity contribution in [2.75, 3.05) is 13.7 Å². The SMILES string of the molecule is CO[C@H]1O[C@H](COCc2ccccc2)[C@@H](OCc2ccccc2)[C@H](OCc2ccccc2)C(OCc2ccccc2)=C1C#Cc1ccccc1. The van der Waals surface area contributed by atoms with E-state index in [1.54, 1.807) is 7.11 Å². The molecule has 0 fully saturated rings. The molecule has 0 radical (unpaired) electrons. The van der Waals surface area contributed by atoms with Crippen molar-refractivity contribution >= 4 is 0 Å². The van der Waals surface area contributed by atoms with Crippen LogP contribution < -0.4 is 0 Å². The summed E-state index contributed by atoms with van der Waals surface area (Å²) in [7, 11) is 1.61. The van der Waals surface area contributed by atoms with Gasteiger partial charge in [0.25, 0.3) is 0 Å². The third kappa shape index (κ3) is 10.0. The summed E-state index contributed by atoms with van der Waals surface area (Å²) < 4.78 is 39.6. The maximum absolute atomic E-state index is 6.85. The van der Waals surface area contributed by atoms with Crippen molar-refractivity contribution in [1.29, 1.82) is 0 Å². The molecule has 5 aromatic carbocycles. The van der Waals surface area contributed by atoms with E-state index in [-0.39, 0.29) is 13.2 Å². The van der Waals surface area contributed by atoms with Gasteiger partial charge in [-0.2, -0.15) is 0 Å². The number of methoxy groups -OCH3 is 1. The number of hydrogen-bond acceptors (Lipinski definition) is 6. The molecular formula is C44H42O6. The molecule has 0 aliphatic carbocycles. The van der Waals surface area contributed by atoms with E-state index in [0.29, 0.717) is 31.2 Å². The van der Waals surface area contributed by atoms with Gasteiger partial charge in [0.05, 0.1) is 32.0 Å². The summed E-state index contributed by atoms with van der Waals surface area (Å²) in [5, 5.41) is 0. The van der Waals surface area contributed by atoms with E-state index in [4.69, 9.17) is 28.4 Å². The lowest BCUT2D eigenvalue weighted by molar-refractivity contribution is -0.202. The van der Waals surface area contributed by atoms with Gasteiger partial charge < -0.3 is 28.4 Å². The van der Waals surface area contributed by atoms with E-state index < -0.39 is 24.6 Å². The Morgan fingerprint density at radius 2 is 1.02 bits per heavy atom. The summed E-state index contributed by atoms with van der Waals surface area (Å²) in [5.74, 6) is 7.18. The average molecular weight is 667 g/mol. The molecule has 0 saturated heterocycles. The molecule has 6 nitrogen and oxygen atoms in total. The molecule has 0 N–H and O–H groups in total. The second-order valence-corrected chi connectivity index (χ2v) is 11.9. The highest BCUT2D eigenvalue weighted by atomic mass is 16.7. The number of hydrogen-bond donors (Lipinski definition) is 0. The normalized spacial score (nSPS) is 18.9. The van der Waals surface area contributed by atoms with Crippen LogP contribution in [0.2, 0.25) is 0 Å². The molecule has 4 atom stereocenters. The van der Waals surface area contributed by atoms with E-state index in [0.717, 1.165) is 27.8 Å². The van der Waals surface area contributed by atoms with Gasteiger partial charge in [0.2, 0.25) is 0 Å². The summed E-state index contributed by atoms with van der Waals surface area (Å²) >= 11 is 0. The van der Waals surface area contributed by atoms with Gasteiger partial charge in [0, 0.05) is 12.7 Å². The monoisotopic (exact) mass is 666 g/mol. The molecule has 254 valence electrons. The van der Waals surface area contributed by atoms with Gasteiger partial charge in [0.1, 0.15) is 30.7 Å². The molecule has 0 spiro atoms. The standard InChI is InChI=1S/C44H42O6/c1-45-44-39(28-27-34-17-7-2-8-18-34)41(47-30-36-21-11-4-12-22-36)43(49-32-38-25-15-6-16-26-38)42(48-31-37-23-13-5-14-24-37)40(50-44)33-46-29-35-19-9-3-10-20-35/h2-26,40,42-44H,29-33H2,1H3/t40-,42-,43-,44+/m1/s1. The van der Waals surface area contributed by atoms with Gasteiger partial charge in [-0.3, -0.25) is 0 Å². The highest BCUT2D eigenvalue weighted by Gasteiger charge is 2.43. The lowest BCUT2D eigenvalue weighted by Gasteiger charge is -2.32. The van der Waals surface area contributed by atoms with Crippen molar-refractivity contribution in [3.63, 3.8) is 0 Å². The van der Waals surface area contributed by atoms with Crippen molar-refractivity contribution in [2.45, 2.75) is 51.0 Å². The van der Waals surface area contributed by atoms with Gasteiger partial charge in [-0.1, -0.05) is 151 Å². The zero-order chi connectivity index (χ0) is 34.2. The van der Waals surface area contributed by atoms with Crippen LogP contribution in [-0.2, 0) is 54.8 Å². The fourth-order valence-corrected chi connectivity index (χ4v) is 5.66. The molecule has 6 rings (SSSR count). The highest BCUT2D eigenvalue weighted by molar-refractivity contribution is 5.44. The van der Waals surface area contributed by atoms with E-state index in [1.807, 2.05) is 152 Å². The van der Waals surface area contributed by atoms with Gasteiger partial charge in [-0.25, -0.2) is 0 Å². The Hall–Kier alpha value is -5.00. The largest absolute Gasteiger partial charge is 0.489 e. The van der Waals surface area contributed by atoms with Crippen LogP contribution in [0.5, 0.6) is 0 Å². The molecule has 5 aromatic rings. The number of ether oxygens (including phenoxy) is 6. The molecule has 0 bridgehead atoms. The molecule has 1 aliphatic heterocycles. The van der Waals surface area contributed by atoms with Crippen molar-refractivity contribution in [3.05, 3.63) is 191 Å². The smallest absolute Gasteiger partial charge is 0.195 e. The summed E-state index contributed by atoms with van der Waals surface area (Å²) in [5.41, 5.74) is 5.47. The minimum absolute atomic E-state index is 0.213. The fraction of sp³-hybridized carbons (Fsp3) is 0.227. The van der Waals surface area contributed by atoms with Crippen LogP contribution in [0.15, 0.2) is 163 Å². The van der Waals surface area contributed by atoms with Crippen LogP contribution in [-0.4, -0.2) is 38.3 Å². The lowest BCUT2D eigenvalue weighted by atomic mass is 10.0. The Kier molecular flexibility index (Phi) is 13.0. The maximum Gasteiger partial charge on any atom is 0.195 e. The van der Waals surface area contributed by atoms with Gasteiger partial charge in [0.15, 0.2) is 6.29 Å². The Morgan fingerprint density at radius 3 is 1.56 bits per heavy atom. The minimum Gasteiger partial charge on any atom is -0.489 e. The third-order valence-electron chi connectivity index (χ3n) is 8.24. The molecule has 1 aliphatic rings. The quantitative estimate of drug-likeness (QED) is 0.111. The molecule has 0 unspecified atom stereocenters. The van der Waals surface area contributed by atoms with Crippen LogP contribution in [0, 0.1) is 11.8 Å². The van der Waals surface area contributed by atoms with Crippen molar-refractivity contribution in [2.24, 2.45) is 0 Å². The third-order valence-corrected chi connectivity index (χ3v) is 8.24. The first-order chi connectivity index (χ1) is 24.8. The molecule has 0 aromatic heterocycles. The van der Waals surface area contributed by atoms with Crippen molar-refractivity contribution in [1.82, 2.24) is 0 Å². The van der Waals surface area contributed by atoms with Crippen LogP contribution in [0.4, 0.5) is 0 Å². The van der Waals surface area contributed by atoms with Crippen LogP contribution in [0.3, 0.4) is 0 Å². The van der Waals surface area contributed by atoms with Crippen molar-refractivity contribution in [3.8, 4) is 11.8 Å². The summed E-state index contributed by atoms with van der Waals surface area (Å²) in [6.07, 6.45) is -2.88. The Bertz CT molecular complexity index is 1800. The van der Waals surface area contributed by atoms with E-state index in [2.05, 4.69) is 11.8 Å². The fourth-order valence-electron chi connectivity index (χ4n) is 5.66. The first-order valence-electron chi connectivity index (χ1n) is 16.9. The van der Waals surface area contributed by atoms with E-state index in [9.17, 15) is 0 Å². The van der Waals surface area contributed by atoms with Crippen molar-refractivity contribution < 1.29 is 28.4 Å². The van der Waals surface area contributed by atoms with Crippen LogP contribution in [0.25, 0.3) is 0 Å². The topological polar surface area (TPSA) is 55.4 Å². The molecule has 0 saturated carbocycles. The summed E-state index contributed by atoms with van der Waals surface area (Å²) in [6, 6.07) is 50.0. The van der Waals surface area contributed by atoms with Gasteiger partial charge >= 0.3 is 0 Å². The van der Waals surface area contributed by atoms with E-state index in [1.165, 1.54) is 0 Å². The van der Waals surface area contributed by atoms with Gasteiger partial charge in [-0.05, 0) is 34.4 Å². The second kappa shape index (κ2) is 18.7. The second-order valence-electron chi connectivity index (χ2n) is 11.9. The number of rotatable bonds is 14. The number of benzene rings is 5. The Balaban J connectivity index is 1.42. The molecule has 6 heteroatoms. The summed E-state index contributed by atoms with van der Waals surface area (Å²) in [4.78, 5) is 0. The molecule has 0 amide bonds. The van der Waals surface area contributed by atoms with E-state index >= 15 is 0 Å². The molecule has 50 heavy (non-hydrogen) atoms. The van der Waals surface area contributed by atoms with Crippen LogP contribution in [0.1, 0.15) is 27.8 Å². The Morgan fingerprint density at radius 1 is 0.540 bits per heavy atom. The first-order valence-corrected chi connectivity index (χ1v) is 16.9. The van der Waals surface area contributed by atoms with Gasteiger partial charge in [-0.15, -0.1) is 0 Å². The lowest BCUT2D eigenvalue weighted by Crippen LogP contribution is -2.45. The zero-order valence-corrected chi connectivity index (χ0v) is 28.2. The summed E-state index contributed by atoms with van der Waals surface area (Å²) in [6.45, 7) is 1.54. The maximum atomic E-state index is 6.85. The molecular weight excluding hydrogens is 624 g/mol. The predicted molar refractivity (Wildman–Crippen MR) is 193 cm³/mol. The predicted octanol–water partition coefficient (Wildman–Crippen LogP) is 8.27. The van der Waals surface area contributed by atoms with Crippen LogP contribution >= 0.6 is 0 Å².